The van der Waals surface area contributed by atoms with Crippen molar-refractivity contribution in [3.63, 3.8) is 0 Å². The molecule has 0 N–H and O–H groups in total. The fourth-order valence-electron chi connectivity index (χ4n) is 1.52. The Hall–Kier alpha value is -1.83. The van der Waals surface area contributed by atoms with E-state index < -0.39 is 4.92 Å². The van der Waals surface area contributed by atoms with Crippen molar-refractivity contribution in [2.45, 2.75) is 0 Å². The van der Waals surface area contributed by atoms with Crippen LogP contribution in [-0.2, 0) is 0 Å². The third-order valence-corrected chi connectivity index (χ3v) is 3.13. The van der Waals surface area contributed by atoms with Crippen LogP contribution in [0.15, 0.2) is 18.3 Å². The molecule has 2 aromatic rings. The van der Waals surface area contributed by atoms with E-state index in [-0.39, 0.29) is 5.82 Å². The minimum absolute atomic E-state index is 0.120. The Morgan fingerprint density at radius 3 is 3.00 bits per heavy atom. The van der Waals surface area contributed by atoms with Crippen LogP contribution in [0.1, 0.15) is 0 Å². The van der Waals surface area contributed by atoms with E-state index in [9.17, 15) is 10.1 Å². The smallest absolute Gasteiger partial charge is 0.358 e. The highest BCUT2D eigenvalue weighted by molar-refractivity contribution is 7.98. The van der Waals surface area contributed by atoms with E-state index >= 15 is 0 Å². The molecule has 2 heterocycles. The van der Waals surface area contributed by atoms with Crippen LogP contribution < -0.4 is 4.90 Å². The summed E-state index contributed by atoms with van der Waals surface area (Å²) in [6.45, 7) is 0.835. The van der Waals surface area contributed by atoms with Crippen molar-refractivity contribution in [3.8, 4) is 0 Å². The molecule has 0 unspecified atom stereocenters. The van der Waals surface area contributed by atoms with Crippen LogP contribution in [0.4, 0.5) is 11.6 Å². The maximum absolute atomic E-state index is 10.8. The van der Waals surface area contributed by atoms with Gasteiger partial charge in [0.15, 0.2) is 5.82 Å². The third-order valence-electron chi connectivity index (χ3n) is 2.54. The number of nitro groups is 1. The Labute approximate surface area is 108 Å². The predicted octanol–water partition coefficient (Wildman–Crippen LogP) is 1.44. The molecule has 0 spiro atoms. The summed E-state index contributed by atoms with van der Waals surface area (Å²) in [6.07, 6.45) is 3.25. The molecule has 2 rings (SSSR count). The summed E-state index contributed by atoms with van der Waals surface area (Å²) in [5.74, 6) is 1.55. The Morgan fingerprint density at radius 2 is 2.33 bits per heavy atom. The normalized spacial score (nSPS) is 10.8. The zero-order chi connectivity index (χ0) is 13.1. The third kappa shape index (κ3) is 2.37. The van der Waals surface area contributed by atoms with Crippen LogP contribution in [-0.4, -0.2) is 45.1 Å². The fourth-order valence-corrected chi connectivity index (χ4v) is 1.98. The summed E-state index contributed by atoms with van der Waals surface area (Å²) in [7, 11) is 1.91. The highest BCUT2D eigenvalue weighted by Gasteiger charge is 2.16. The number of hydrogen-bond acceptors (Lipinski definition) is 6. The molecule has 0 saturated heterocycles. The van der Waals surface area contributed by atoms with Gasteiger partial charge in [-0.1, -0.05) is 9.61 Å². The van der Waals surface area contributed by atoms with E-state index in [0.717, 1.165) is 12.3 Å². The average molecular weight is 267 g/mol. The van der Waals surface area contributed by atoms with Gasteiger partial charge < -0.3 is 15.0 Å². The number of imidazole rings is 1. The summed E-state index contributed by atoms with van der Waals surface area (Å²) in [6, 6.07) is 3.54. The Kier molecular flexibility index (Phi) is 3.66. The van der Waals surface area contributed by atoms with Crippen LogP contribution in [0, 0.1) is 10.1 Å². The van der Waals surface area contributed by atoms with Crippen LogP contribution in [0.3, 0.4) is 0 Å². The van der Waals surface area contributed by atoms with Crippen LogP contribution in [0.2, 0.25) is 0 Å². The first-order chi connectivity index (χ1) is 8.63. The Balaban J connectivity index is 2.36. The van der Waals surface area contributed by atoms with E-state index in [2.05, 4.69) is 10.1 Å². The molecule has 2 aromatic heterocycles. The number of nitrogens with zero attached hydrogens (tertiary/aromatic N) is 5. The van der Waals surface area contributed by atoms with Crippen molar-refractivity contribution in [1.82, 2.24) is 14.6 Å². The standard InChI is InChI=1S/C10H13N5O2S/c1-13(5-6-18-2)9-4-3-8-11-7-10(15(16)17)14(8)12-9/h3-4,7H,5-6H2,1-2H3. The molecule has 0 aliphatic rings. The average Bonchev–Trinajstić information content (AvgIpc) is 2.78. The summed E-state index contributed by atoms with van der Waals surface area (Å²) >= 11 is 1.74. The zero-order valence-electron chi connectivity index (χ0n) is 10.1. The summed E-state index contributed by atoms with van der Waals surface area (Å²) < 4.78 is 1.25. The summed E-state index contributed by atoms with van der Waals surface area (Å²) in [5.41, 5.74) is 0.476. The van der Waals surface area contributed by atoms with Crippen molar-refractivity contribution in [2.75, 3.05) is 30.5 Å². The minimum atomic E-state index is -0.487. The van der Waals surface area contributed by atoms with Crippen molar-refractivity contribution in [2.24, 2.45) is 0 Å². The van der Waals surface area contributed by atoms with Gasteiger partial charge in [-0.05, 0) is 17.2 Å². The lowest BCUT2D eigenvalue weighted by Crippen LogP contribution is -2.22. The lowest BCUT2D eigenvalue weighted by atomic mass is 10.4. The molecular formula is C10H13N5O2S. The second kappa shape index (κ2) is 5.21. The first-order valence-corrected chi connectivity index (χ1v) is 6.72. The van der Waals surface area contributed by atoms with Gasteiger partial charge in [0.1, 0.15) is 6.20 Å². The molecule has 0 aliphatic carbocycles. The van der Waals surface area contributed by atoms with Crippen LogP contribution in [0.5, 0.6) is 0 Å². The molecule has 0 aliphatic heterocycles. The minimum Gasteiger partial charge on any atom is -0.358 e. The number of fused-ring (bicyclic) bond motifs is 1. The lowest BCUT2D eigenvalue weighted by Gasteiger charge is -2.15. The van der Waals surface area contributed by atoms with Crippen molar-refractivity contribution < 1.29 is 4.92 Å². The second-order valence-corrected chi connectivity index (χ2v) is 4.73. The maximum Gasteiger partial charge on any atom is 0.368 e. The van der Waals surface area contributed by atoms with E-state index in [1.165, 1.54) is 10.7 Å². The number of hydrogen-bond donors (Lipinski definition) is 0. The van der Waals surface area contributed by atoms with Crippen molar-refractivity contribution in [3.05, 3.63) is 28.4 Å². The van der Waals surface area contributed by atoms with Gasteiger partial charge in [0, 0.05) is 25.4 Å². The maximum atomic E-state index is 10.8. The van der Waals surface area contributed by atoms with E-state index in [1.807, 2.05) is 24.3 Å². The van der Waals surface area contributed by atoms with E-state index in [4.69, 9.17) is 0 Å². The molecule has 8 heteroatoms. The van der Waals surface area contributed by atoms with Crippen LogP contribution in [0.25, 0.3) is 5.65 Å². The molecule has 96 valence electrons. The molecule has 0 atom stereocenters. The lowest BCUT2D eigenvalue weighted by molar-refractivity contribution is -0.391. The van der Waals surface area contributed by atoms with Gasteiger partial charge in [-0.3, -0.25) is 0 Å². The molecule has 0 saturated carbocycles. The zero-order valence-corrected chi connectivity index (χ0v) is 10.9. The van der Waals surface area contributed by atoms with Gasteiger partial charge in [0.05, 0.1) is 0 Å². The molecule has 0 fully saturated rings. The van der Waals surface area contributed by atoms with Gasteiger partial charge in [-0.2, -0.15) is 11.8 Å². The molecule has 0 amide bonds. The number of aromatic nitrogens is 3. The molecular weight excluding hydrogens is 254 g/mol. The summed E-state index contributed by atoms with van der Waals surface area (Å²) in [5, 5.41) is 15.1. The van der Waals surface area contributed by atoms with Crippen LogP contribution >= 0.6 is 11.8 Å². The first-order valence-electron chi connectivity index (χ1n) is 5.32. The second-order valence-electron chi connectivity index (χ2n) is 3.75. The highest BCUT2D eigenvalue weighted by Crippen LogP contribution is 2.16. The molecule has 0 radical (unpaired) electrons. The molecule has 0 aromatic carbocycles. The van der Waals surface area contributed by atoms with E-state index in [0.29, 0.717) is 11.5 Å². The van der Waals surface area contributed by atoms with Crippen molar-refractivity contribution >= 4 is 29.0 Å². The number of anilines is 1. The number of thioether (sulfide) groups is 1. The van der Waals surface area contributed by atoms with Gasteiger partial charge in [0.2, 0.25) is 5.65 Å². The predicted molar refractivity (Wildman–Crippen MR) is 71.3 cm³/mol. The first kappa shape index (κ1) is 12.6. The Bertz CT molecular complexity index is 570. The highest BCUT2D eigenvalue weighted by atomic mass is 32.2. The van der Waals surface area contributed by atoms with E-state index in [1.54, 1.807) is 17.8 Å². The fraction of sp³-hybridized carbons (Fsp3) is 0.400. The largest absolute Gasteiger partial charge is 0.368 e. The van der Waals surface area contributed by atoms with Crippen molar-refractivity contribution in [1.29, 1.82) is 0 Å². The quantitative estimate of drug-likeness (QED) is 0.602. The number of rotatable bonds is 5. The van der Waals surface area contributed by atoms with Gasteiger partial charge in [-0.15, -0.1) is 0 Å². The topological polar surface area (TPSA) is 76.6 Å². The molecule has 7 nitrogen and oxygen atoms in total. The summed E-state index contributed by atoms with van der Waals surface area (Å²) in [4.78, 5) is 16.2. The van der Waals surface area contributed by atoms with Gasteiger partial charge in [-0.25, -0.2) is 4.98 Å². The monoisotopic (exact) mass is 267 g/mol. The Morgan fingerprint density at radius 1 is 1.56 bits per heavy atom. The van der Waals surface area contributed by atoms with Gasteiger partial charge in [0.25, 0.3) is 0 Å². The SMILES string of the molecule is CSCCN(C)c1ccc2ncc([N+](=O)[O-])n2n1. The molecule has 18 heavy (non-hydrogen) atoms. The van der Waals surface area contributed by atoms with Gasteiger partial charge >= 0.3 is 5.82 Å². The molecule has 0 bridgehead atoms.